The van der Waals surface area contributed by atoms with Gasteiger partial charge < -0.3 is 10.1 Å². The van der Waals surface area contributed by atoms with Crippen molar-refractivity contribution < 1.29 is 4.74 Å². The predicted octanol–water partition coefficient (Wildman–Crippen LogP) is 0.891. The molecule has 2 atom stereocenters. The topological polar surface area (TPSA) is 52.0 Å². The summed E-state index contributed by atoms with van der Waals surface area (Å²) < 4.78 is 7.68. The number of rotatable bonds is 6. The highest BCUT2D eigenvalue weighted by atomic mass is 16.5. The van der Waals surface area contributed by atoms with Gasteiger partial charge in [0.15, 0.2) is 0 Å². The number of likely N-dealkylation sites (N-methyl/N-ethyl adjacent to an activating group) is 1. The van der Waals surface area contributed by atoms with Crippen molar-refractivity contribution in [2.75, 3.05) is 13.7 Å². The number of aromatic nitrogens is 3. The first-order chi connectivity index (χ1) is 7.77. The van der Waals surface area contributed by atoms with Gasteiger partial charge >= 0.3 is 0 Å². The Morgan fingerprint density at radius 1 is 1.62 bits per heavy atom. The van der Waals surface area contributed by atoms with Crippen LogP contribution in [0.25, 0.3) is 0 Å². The van der Waals surface area contributed by atoms with Gasteiger partial charge in [0.1, 0.15) is 0 Å². The summed E-state index contributed by atoms with van der Waals surface area (Å²) in [5.41, 5.74) is 1.09. The molecule has 0 aliphatic heterocycles. The zero-order valence-electron chi connectivity index (χ0n) is 10.2. The Labute approximate surface area is 96.2 Å². The second-order valence-electron chi connectivity index (χ2n) is 4.31. The highest BCUT2D eigenvalue weighted by Gasteiger charge is 2.38. The minimum atomic E-state index is 0.187. The quantitative estimate of drug-likeness (QED) is 0.779. The summed E-state index contributed by atoms with van der Waals surface area (Å²) in [6.07, 6.45) is 4.60. The van der Waals surface area contributed by atoms with Crippen LogP contribution >= 0.6 is 0 Å². The van der Waals surface area contributed by atoms with E-state index in [2.05, 4.69) is 15.6 Å². The molecule has 1 aromatic heterocycles. The fraction of sp³-hybridized carbons (Fsp3) is 0.818. The Bertz CT molecular complexity index is 334. The molecule has 1 heterocycles. The van der Waals surface area contributed by atoms with Crippen molar-refractivity contribution in [3.05, 3.63) is 11.9 Å². The molecule has 0 radical (unpaired) electrons. The number of nitrogens with one attached hydrogen (secondary N) is 1. The van der Waals surface area contributed by atoms with Crippen LogP contribution < -0.4 is 5.32 Å². The van der Waals surface area contributed by atoms with Gasteiger partial charge in [-0.25, -0.2) is 0 Å². The van der Waals surface area contributed by atoms with Crippen LogP contribution in [0.2, 0.25) is 0 Å². The largest absolute Gasteiger partial charge is 0.376 e. The Kier molecular flexibility index (Phi) is 3.56. The summed E-state index contributed by atoms with van der Waals surface area (Å²) in [5, 5.41) is 11.2. The van der Waals surface area contributed by atoms with Gasteiger partial charge in [-0.3, -0.25) is 4.68 Å². The molecular weight excluding hydrogens is 204 g/mol. The second kappa shape index (κ2) is 4.93. The fourth-order valence-electron chi connectivity index (χ4n) is 2.18. The number of ether oxygens (including phenoxy) is 1. The number of hydrogen-bond acceptors (Lipinski definition) is 4. The van der Waals surface area contributed by atoms with Gasteiger partial charge in [0, 0.05) is 13.7 Å². The molecule has 1 fully saturated rings. The summed E-state index contributed by atoms with van der Waals surface area (Å²) >= 11 is 0. The molecule has 1 aliphatic carbocycles. The molecule has 1 N–H and O–H groups in total. The Morgan fingerprint density at radius 3 is 2.81 bits per heavy atom. The highest BCUT2D eigenvalue weighted by Crippen LogP contribution is 2.39. The fourth-order valence-corrected chi connectivity index (χ4v) is 2.18. The molecule has 0 spiro atoms. The zero-order chi connectivity index (χ0) is 11.5. The van der Waals surface area contributed by atoms with Crippen LogP contribution in [-0.2, 0) is 11.8 Å². The number of nitrogens with zero attached hydrogens (tertiary/aromatic N) is 3. The summed E-state index contributed by atoms with van der Waals surface area (Å²) in [6.45, 7) is 2.80. The van der Waals surface area contributed by atoms with Crippen molar-refractivity contribution in [1.82, 2.24) is 20.3 Å². The summed E-state index contributed by atoms with van der Waals surface area (Å²) in [4.78, 5) is 0. The van der Waals surface area contributed by atoms with E-state index in [0.717, 1.165) is 12.3 Å². The van der Waals surface area contributed by atoms with Crippen molar-refractivity contribution in [3.63, 3.8) is 0 Å². The van der Waals surface area contributed by atoms with Gasteiger partial charge in [-0.15, -0.1) is 5.10 Å². The van der Waals surface area contributed by atoms with Gasteiger partial charge in [-0.05, 0) is 32.7 Å². The van der Waals surface area contributed by atoms with Crippen LogP contribution in [0.4, 0.5) is 0 Å². The highest BCUT2D eigenvalue weighted by molar-refractivity contribution is 5.07. The van der Waals surface area contributed by atoms with Crippen molar-refractivity contribution in [3.8, 4) is 0 Å². The van der Waals surface area contributed by atoms with Crippen LogP contribution in [0.15, 0.2) is 6.20 Å². The molecule has 16 heavy (non-hydrogen) atoms. The predicted molar refractivity (Wildman–Crippen MR) is 60.9 cm³/mol. The molecule has 90 valence electrons. The number of hydrogen-bond donors (Lipinski definition) is 1. The first-order valence-corrected chi connectivity index (χ1v) is 5.91. The maximum atomic E-state index is 5.87. The Balaban J connectivity index is 2.16. The third-order valence-corrected chi connectivity index (χ3v) is 3.15. The van der Waals surface area contributed by atoms with Crippen molar-refractivity contribution in [2.45, 2.75) is 31.9 Å². The van der Waals surface area contributed by atoms with E-state index in [1.807, 2.05) is 31.9 Å². The molecule has 0 amide bonds. The Morgan fingerprint density at radius 2 is 2.38 bits per heavy atom. The van der Waals surface area contributed by atoms with E-state index in [1.54, 1.807) is 0 Å². The van der Waals surface area contributed by atoms with E-state index >= 15 is 0 Å². The standard InChI is InChI=1S/C11H20N4O/c1-4-16-11(8-5-6-8)10(12-2)9-7-13-14-15(9)3/h7-8,10-12H,4-6H2,1-3H3. The Hall–Kier alpha value is -0.940. The summed E-state index contributed by atoms with van der Waals surface area (Å²) in [6, 6.07) is 0.187. The molecule has 5 heteroatoms. The van der Waals surface area contributed by atoms with E-state index in [1.165, 1.54) is 12.8 Å². The van der Waals surface area contributed by atoms with Crippen LogP contribution in [0.5, 0.6) is 0 Å². The zero-order valence-corrected chi connectivity index (χ0v) is 10.2. The first-order valence-electron chi connectivity index (χ1n) is 5.91. The van der Waals surface area contributed by atoms with Gasteiger partial charge in [0.05, 0.1) is 24.0 Å². The normalized spacial score (nSPS) is 19.7. The first kappa shape index (κ1) is 11.5. The van der Waals surface area contributed by atoms with Gasteiger partial charge in [-0.2, -0.15) is 0 Å². The molecule has 2 unspecified atom stereocenters. The average molecular weight is 224 g/mol. The van der Waals surface area contributed by atoms with E-state index in [4.69, 9.17) is 4.74 Å². The van der Waals surface area contributed by atoms with Gasteiger partial charge in [0.2, 0.25) is 0 Å². The lowest BCUT2D eigenvalue weighted by molar-refractivity contribution is 0.0185. The van der Waals surface area contributed by atoms with Gasteiger partial charge in [-0.1, -0.05) is 5.21 Å². The molecule has 1 aliphatic rings. The number of aryl methyl sites for hydroxylation is 1. The van der Waals surface area contributed by atoms with E-state index in [0.29, 0.717) is 5.92 Å². The van der Waals surface area contributed by atoms with Gasteiger partial charge in [0.25, 0.3) is 0 Å². The summed E-state index contributed by atoms with van der Waals surface area (Å²) in [5.74, 6) is 0.687. The maximum absolute atomic E-state index is 5.87. The second-order valence-corrected chi connectivity index (χ2v) is 4.31. The third-order valence-electron chi connectivity index (χ3n) is 3.15. The molecule has 0 aromatic carbocycles. The lowest BCUT2D eigenvalue weighted by atomic mass is 10.0. The van der Waals surface area contributed by atoms with E-state index in [9.17, 15) is 0 Å². The van der Waals surface area contributed by atoms with Crippen molar-refractivity contribution >= 4 is 0 Å². The molecule has 1 saturated carbocycles. The average Bonchev–Trinajstić information content (AvgIpc) is 3.03. The van der Waals surface area contributed by atoms with Crippen LogP contribution in [0.3, 0.4) is 0 Å². The van der Waals surface area contributed by atoms with Crippen LogP contribution in [-0.4, -0.2) is 34.8 Å². The van der Waals surface area contributed by atoms with Crippen LogP contribution in [0.1, 0.15) is 31.5 Å². The lowest BCUT2D eigenvalue weighted by Crippen LogP contribution is -2.34. The van der Waals surface area contributed by atoms with Crippen LogP contribution in [0, 0.1) is 5.92 Å². The van der Waals surface area contributed by atoms with E-state index in [-0.39, 0.29) is 12.1 Å². The molecule has 0 bridgehead atoms. The monoisotopic (exact) mass is 224 g/mol. The third kappa shape index (κ3) is 2.25. The lowest BCUT2D eigenvalue weighted by Gasteiger charge is -2.26. The SMILES string of the molecule is CCOC(C1CC1)C(NC)c1cnnn1C. The molecule has 1 aromatic rings. The summed E-state index contributed by atoms with van der Waals surface area (Å²) in [7, 11) is 3.88. The van der Waals surface area contributed by atoms with Crippen molar-refractivity contribution in [1.29, 1.82) is 0 Å². The maximum Gasteiger partial charge on any atom is 0.0813 e. The van der Waals surface area contributed by atoms with Crippen molar-refractivity contribution in [2.24, 2.45) is 13.0 Å². The van der Waals surface area contributed by atoms with E-state index < -0.39 is 0 Å². The molecule has 0 saturated heterocycles. The minimum absolute atomic E-state index is 0.187. The molecular formula is C11H20N4O. The molecule has 2 rings (SSSR count). The smallest absolute Gasteiger partial charge is 0.0813 e. The molecule has 5 nitrogen and oxygen atoms in total. The minimum Gasteiger partial charge on any atom is -0.376 e.